The molecule has 1 atom stereocenters. The van der Waals surface area contributed by atoms with Crippen LogP contribution in [0.3, 0.4) is 0 Å². The van der Waals surface area contributed by atoms with Crippen molar-refractivity contribution < 1.29 is 14.3 Å². The van der Waals surface area contributed by atoms with Crippen LogP contribution >= 0.6 is 0 Å². The minimum atomic E-state index is -0.294. The number of carbonyl (C=O) groups excluding carboxylic acids is 1. The second-order valence-electron chi connectivity index (χ2n) is 5.13. The zero-order chi connectivity index (χ0) is 14.4. The van der Waals surface area contributed by atoms with Gasteiger partial charge in [0.2, 0.25) is 0 Å². The average Bonchev–Trinajstić information content (AvgIpc) is 2.89. The Bertz CT molecular complexity index is 427. The van der Waals surface area contributed by atoms with Crippen LogP contribution in [0.1, 0.15) is 24.8 Å². The summed E-state index contributed by atoms with van der Waals surface area (Å²) in [6, 6.07) is 0. The van der Waals surface area contributed by atoms with Gasteiger partial charge in [-0.15, -0.1) is 0 Å². The molecule has 1 aromatic rings. The molecule has 0 radical (unpaired) electrons. The Morgan fingerprint density at radius 3 is 3.05 bits per heavy atom. The number of nitrogens with zero attached hydrogens (tertiary/aromatic N) is 3. The summed E-state index contributed by atoms with van der Waals surface area (Å²) in [4.78, 5) is 14.3. The zero-order valence-corrected chi connectivity index (χ0v) is 12.2. The van der Waals surface area contributed by atoms with Crippen molar-refractivity contribution in [3.8, 4) is 0 Å². The Kier molecular flexibility index (Phi) is 5.55. The Morgan fingerprint density at radius 2 is 2.45 bits per heavy atom. The molecule has 0 bridgehead atoms. The molecule has 6 nitrogen and oxygen atoms in total. The molecule has 112 valence electrons. The van der Waals surface area contributed by atoms with E-state index in [4.69, 9.17) is 9.47 Å². The van der Waals surface area contributed by atoms with E-state index in [1.54, 1.807) is 22.9 Å². The van der Waals surface area contributed by atoms with E-state index < -0.39 is 0 Å². The first-order chi connectivity index (χ1) is 9.70. The van der Waals surface area contributed by atoms with Gasteiger partial charge in [-0.2, -0.15) is 5.10 Å². The van der Waals surface area contributed by atoms with Crippen LogP contribution in [-0.4, -0.2) is 53.6 Å². The van der Waals surface area contributed by atoms with Gasteiger partial charge < -0.3 is 14.4 Å². The molecule has 1 saturated heterocycles. The molecule has 1 aromatic heterocycles. The number of aryl methyl sites for hydroxylation is 1. The van der Waals surface area contributed by atoms with E-state index in [0.29, 0.717) is 26.3 Å². The predicted octanol–water partition coefficient (Wildman–Crippen LogP) is 0.964. The van der Waals surface area contributed by atoms with E-state index in [1.807, 2.05) is 13.2 Å². The monoisotopic (exact) mass is 281 g/mol. The molecule has 20 heavy (non-hydrogen) atoms. The number of rotatable bonds is 6. The summed E-state index contributed by atoms with van der Waals surface area (Å²) in [6.07, 6.45) is 6.34. The minimum absolute atomic E-state index is 0.0607. The molecule has 1 aliphatic rings. The van der Waals surface area contributed by atoms with Crippen molar-refractivity contribution in [1.82, 2.24) is 14.7 Å². The van der Waals surface area contributed by atoms with Gasteiger partial charge in [-0.3, -0.25) is 9.48 Å². The van der Waals surface area contributed by atoms with Crippen molar-refractivity contribution >= 4 is 5.91 Å². The summed E-state index contributed by atoms with van der Waals surface area (Å²) in [5.74, 6) is 0.0607. The normalized spacial score (nSPS) is 19.0. The van der Waals surface area contributed by atoms with Crippen molar-refractivity contribution in [1.29, 1.82) is 0 Å². The fourth-order valence-corrected chi connectivity index (χ4v) is 2.38. The standard InChI is InChI=1S/C14H23N3O3/c1-16-10-12(9-15-16)11-17(6-8-19-2)14(18)13-5-3-4-7-20-13/h9-10,13H,3-8,11H2,1-2H3. The molecular formula is C14H23N3O3. The average molecular weight is 281 g/mol. The van der Waals surface area contributed by atoms with E-state index in [0.717, 1.165) is 24.8 Å². The molecule has 1 amide bonds. The Balaban J connectivity index is 1.99. The number of methoxy groups -OCH3 is 1. The lowest BCUT2D eigenvalue weighted by Crippen LogP contribution is -2.42. The highest BCUT2D eigenvalue weighted by molar-refractivity contribution is 5.81. The molecule has 0 aliphatic carbocycles. The SMILES string of the molecule is COCCN(Cc1cnn(C)c1)C(=O)C1CCCCO1. The number of hydrogen-bond acceptors (Lipinski definition) is 4. The lowest BCUT2D eigenvalue weighted by Gasteiger charge is -2.29. The first-order valence-electron chi connectivity index (χ1n) is 7.07. The van der Waals surface area contributed by atoms with E-state index >= 15 is 0 Å². The van der Waals surface area contributed by atoms with Gasteiger partial charge in [0.1, 0.15) is 6.10 Å². The minimum Gasteiger partial charge on any atom is -0.383 e. The fraction of sp³-hybridized carbons (Fsp3) is 0.714. The molecule has 1 fully saturated rings. The predicted molar refractivity (Wildman–Crippen MR) is 74.1 cm³/mol. The third kappa shape index (κ3) is 4.05. The lowest BCUT2D eigenvalue weighted by atomic mass is 10.1. The van der Waals surface area contributed by atoms with E-state index in [9.17, 15) is 4.79 Å². The van der Waals surface area contributed by atoms with Crippen molar-refractivity contribution in [2.45, 2.75) is 31.9 Å². The van der Waals surface area contributed by atoms with E-state index in [2.05, 4.69) is 5.10 Å². The highest BCUT2D eigenvalue weighted by Gasteiger charge is 2.27. The Labute approximate surface area is 119 Å². The summed E-state index contributed by atoms with van der Waals surface area (Å²) in [5.41, 5.74) is 1.02. The quantitative estimate of drug-likeness (QED) is 0.779. The van der Waals surface area contributed by atoms with Crippen molar-refractivity contribution in [3.05, 3.63) is 18.0 Å². The van der Waals surface area contributed by atoms with Crippen LogP contribution in [0.2, 0.25) is 0 Å². The van der Waals surface area contributed by atoms with Crippen LogP contribution in [0, 0.1) is 0 Å². The molecule has 1 unspecified atom stereocenters. The second kappa shape index (κ2) is 7.40. The third-order valence-electron chi connectivity index (χ3n) is 3.46. The van der Waals surface area contributed by atoms with Crippen LogP contribution in [0.15, 0.2) is 12.4 Å². The lowest BCUT2D eigenvalue weighted by molar-refractivity contribution is -0.147. The maximum Gasteiger partial charge on any atom is 0.252 e. The first-order valence-corrected chi connectivity index (χ1v) is 7.07. The van der Waals surface area contributed by atoms with Gasteiger partial charge in [0.05, 0.1) is 12.8 Å². The van der Waals surface area contributed by atoms with E-state index in [1.165, 1.54) is 0 Å². The van der Waals surface area contributed by atoms with Gasteiger partial charge in [0, 0.05) is 45.6 Å². The first kappa shape index (κ1) is 15.0. The topological polar surface area (TPSA) is 56.6 Å². The van der Waals surface area contributed by atoms with Gasteiger partial charge in [0.15, 0.2) is 0 Å². The molecule has 2 rings (SSSR count). The number of aromatic nitrogens is 2. The number of amides is 1. The zero-order valence-electron chi connectivity index (χ0n) is 12.2. The highest BCUT2D eigenvalue weighted by atomic mass is 16.5. The molecule has 6 heteroatoms. The number of ether oxygens (including phenoxy) is 2. The Hall–Kier alpha value is -1.40. The molecule has 0 aromatic carbocycles. The van der Waals surface area contributed by atoms with Crippen LogP contribution in [0.4, 0.5) is 0 Å². The summed E-state index contributed by atoms with van der Waals surface area (Å²) >= 11 is 0. The maximum absolute atomic E-state index is 12.5. The van der Waals surface area contributed by atoms with Crippen LogP contribution in [-0.2, 0) is 27.9 Å². The van der Waals surface area contributed by atoms with Gasteiger partial charge in [-0.05, 0) is 19.3 Å². The van der Waals surface area contributed by atoms with Gasteiger partial charge >= 0.3 is 0 Å². The fourth-order valence-electron chi connectivity index (χ4n) is 2.38. The van der Waals surface area contributed by atoms with Crippen molar-refractivity contribution in [2.75, 3.05) is 26.9 Å². The number of hydrogen-bond donors (Lipinski definition) is 0. The summed E-state index contributed by atoms with van der Waals surface area (Å²) < 4.78 is 12.4. The summed E-state index contributed by atoms with van der Waals surface area (Å²) in [5, 5.41) is 4.14. The second-order valence-corrected chi connectivity index (χ2v) is 5.13. The molecule has 0 N–H and O–H groups in total. The molecule has 2 heterocycles. The van der Waals surface area contributed by atoms with Crippen molar-refractivity contribution in [2.24, 2.45) is 7.05 Å². The highest BCUT2D eigenvalue weighted by Crippen LogP contribution is 2.16. The van der Waals surface area contributed by atoms with Gasteiger partial charge in [-0.1, -0.05) is 0 Å². The summed E-state index contributed by atoms with van der Waals surface area (Å²) in [6.45, 7) is 2.33. The van der Waals surface area contributed by atoms with Crippen LogP contribution in [0.25, 0.3) is 0 Å². The molecule has 0 saturated carbocycles. The smallest absolute Gasteiger partial charge is 0.252 e. The molecular weight excluding hydrogens is 258 g/mol. The molecule has 1 aliphatic heterocycles. The maximum atomic E-state index is 12.5. The third-order valence-corrected chi connectivity index (χ3v) is 3.46. The van der Waals surface area contributed by atoms with Crippen molar-refractivity contribution in [3.63, 3.8) is 0 Å². The van der Waals surface area contributed by atoms with Crippen LogP contribution < -0.4 is 0 Å². The van der Waals surface area contributed by atoms with E-state index in [-0.39, 0.29) is 12.0 Å². The van der Waals surface area contributed by atoms with Crippen LogP contribution in [0.5, 0.6) is 0 Å². The largest absolute Gasteiger partial charge is 0.383 e. The molecule has 0 spiro atoms. The summed E-state index contributed by atoms with van der Waals surface area (Å²) in [7, 11) is 3.51. The number of carbonyl (C=O) groups is 1. The Morgan fingerprint density at radius 1 is 1.60 bits per heavy atom. The van der Waals surface area contributed by atoms with Gasteiger partial charge in [0.25, 0.3) is 5.91 Å². The van der Waals surface area contributed by atoms with Gasteiger partial charge in [-0.25, -0.2) is 0 Å².